The Balaban J connectivity index is 1.76. The minimum atomic E-state index is -0.617. The van der Waals surface area contributed by atoms with Crippen molar-refractivity contribution in [3.8, 4) is 23.0 Å². The van der Waals surface area contributed by atoms with E-state index in [1.54, 1.807) is 18.2 Å². The zero-order valence-electron chi connectivity index (χ0n) is 16.2. The standard InChI is InChI=1S/C24H28O4/c25-16-7-9-18(20(27)14-16)24-13-5-2-6-22(24)23(11-3-1-4-12-23)19-10-8-17(26)15-21(19)28-24/h7-10,14-15,22,25-27H,1-6,11-13H2/t22-,24-/m1/s1. The molecule has 28 heavy (non-hydrogen) atoms. The number of hydrogen-bond acceptors (Lipinski definition) is 4. The van der Waals surface area contributed by atoms with Crippen LogP contribution in [0, 0.1) is 5.92 Å². The highest BCUT2D eigenvalue weighted by atomic mass is 16.5. The van der Waals surface area contributed by atoms with E-state index in [1.165, 1.54) is 37.3 Å². The Bertz CT molecular complexity index is 899. The predicted molar refractivity (Wildman–Crippen MR) is 107 cm³/mol. The molecule has 3 N–H and O–H groups in total. The molecule has 0 bridgehead atoms. The molecule has 0 aromatic heterocycles. The Kier molecular flexibility index (Phi) is 4.01. The van der Waals surface area contributed by atoms with Gasteiger partial charge in [0, 0.05) is 34.6 Å². The first kappa shape index (κ1) is 17.7. The van der Waals surface area contributed by atoms with Crippen molar-refractivity contribution in [2.45, 2.75) is 68.8 Å². The summed E-state index contributed by atoms with van der Waals surface area (Å²) in [5.41, 5.74) is 1.40. The van der Waals surface area contributed by atoms with Crippen molar-refractivity contribution in [2.24, 2.45) is 5.92 Å². The van der Waals surface area contributed by atoms with Gasteiger partial charge in [-0.25, -0.2) is 0 Å². The van der Waals surface area contributed by atoms with Crippen molar-refractivity contribution in [2.75, 3.05) is 0 Å². The molecule has 3 aliphatic rings. The quantitative estimate of drug-likeness (QED) is 0.612. The van der Waals surface area contributed by atoms with E-state index in [2.05, 4.69) is 6.07 Å². The maximum Gasteiger partial charge on any atom is 0.141 e. The summed E-state index contributed by atoms with van der Waals surface area (Å²) in [6, 6.07) is 10.5. The number of rotatable bonds is 1. The molecule has 2 aromatic carbocycles. The number of phenols is 3. The predicted octanol–water partition coefficient (Wildman–Crippen LogP) is 5.48. The summed E-state index contributed by atoms with van der Waals surface area (Å²) in [4.78, 5) is 0. The molecule has 0 saturated heterocycles. The van der Waals surface area contributed by atoms with Crippen LogP contribution in [0.15, 0.2) is 36.4 Å². The van der Waals surface area contributed by atoms with Crippen LogP contribution in [-0.2, 0) is 11.0 Å². The summed E-state index contributed by atoms with van der Waals surface area (Å²) < 4.78 is 6.74. The molecule has 2 saturated carbocycles. The summed E-state index contributed by atoms with van der Waals surface area (Å²) in [6.45, 7) is 0. The van der Waals surface area contributed by atoms with Gasteiger partial charge < -0.3 is 20.1 Å². The molecule has 148 valence electrons. The highest BCUT2D eigenvalue weighted by Gasteiger charge is 2.59. The average Bonchev–Trinajstić information content (AvgIpc) is 2.68. The molecule has 4 nitrogen and oxygen atoms in total. The lowest BCUT2D eigenvalue weighted by atomic mass is 9.51. The zero-order chi connectivity index (χ0) is 19.4. The van der Waals surface area contributed by atoms with Crippen LogP contribution >= 0.6 is 0 Å². The third-order valence-corrected chi connectivity index (χ3v) is 7.50. The molecule has 4 heteroatoms. The zero-order valence-corrected chi connectivity index (χ0v) is 16.2. The van der Waals surface area contributed by atoms with Gasteiger partial charge in [-0.05, 0) is 50.3 Å². The minimum absolute atomic E-state index is 0.0181. The first-order valence-corrected chi connectivity index (χ1v) is 10.6. The van der Waals surface area contributed by atoms with Crippen LogP contribution in [-0.4, -0.2) is 15.3 Å². The monoisotopic (exact) mass is 380 g/mol. The maximum absolute atomic E-state index is 10.8. The summed E-state index contributed by atoms with van der Waals surface area (Å²) >= 11 is 0. The SMILES string of the molecule is Oc1ccc([C@]23CCCC[C@@H]2C2(CCCCC2)c2ccc(O)cc2O3)c(O)c1. The van der Waals surface area contributed by atoms with Crippen molar-refractivity contribution in [1.82, 2.24) is 0 Å². The van der Waals surface area contributed by atoms with Crippen LogP contribution in [0.2, 0.25) is 0 Å². The fraction of sp³-hybridized carbons (Fsp3) is 0.500. The Morgan fingerprint density at radius 1 is 0.750 bits per heavy atom. The number of aromatic hydroxyl groups is 3. The first-order valence-electron chi connectivity index (χ1n) is 10.6. The van der Waals surface area contributed by atoms with Gasteiger partial charge in [0.15, 0.2) is 0 Å². The van der Waals surface area contributed by atoms with Crippen LogP contribution in [0.3, 0.4) is 0 Å². The molecule has 1 spiro atoms. The number of ether oxygens (including phenoxy) is 1. The smallest absolute Gasteiger partial charge is 0.141 e. The van der Waals surface area contributed by atoms with E-state index in [0.29, 0.717) is 0 Å². The Morgan fingerprint density at radius 2 is 1.43 bits per heavy atom. The largest absolute Gasteiger partial charge is 0.508 e. The fourth-order valence-electron chi connectivity index (χ4n) is 6.43. The molecule has 0 radical (unpaired) electrons. The molecule has 0 unspecified atom stereocenters. The van der Waals surface area contributed by atoms with Crippen LogP contribution in [0.1, 0.15) is 68.9 Å². The van der Waals surface area contributed by atoms with E-state index >= 15 is 0 Å². The normalized spacial score (nSPS) is 28.2. The third-order valence-electron chi connectivity index (χ3n) is 7.50. The molecule has 0 amide bonds. The van der Waals surface area contributed by atoms with Gasteiger partial charge >= 0.3 is 0 Å². The first-order chi connectivity index (χ1) is 13.6. The number of hydrogen-bond donors (Lipinski definition) is 3. The highest BCUT2D eigenvalue weighted by Crippen LogP contribution is 2.63. The molecule has 1 heterocycles. The van der Waals surface area contributed by atoms with Crippen molar-refractivity contribution < 1.29 is 20.1 Å². The van der Waals surface area contributed by atoms with E-state index in [0.717, 1.165) is 43.4 Å². The second-order valence-electron chi connectivity index (χ2n) is 8.89. The fourth-order valence-corrected chi connectivity index (χ4v) is 6.43. The summed E-state index contributed by atoms with van der Waals surface area (Å²) in [5.74, 6) is 1.41. The minimum Gasteiger partial charge on any atom is -0.508 e. The third kappa shape index (κ3) is 2.43. The average molecular weight is 380 g/mol. The van der Waals surface area contributed by atoms with Gasteiger partial charge in [-0.1, -0.05) is 31.7 Å². The molecule has 5 rings (SSSR count). The van der Waals surface area contributed by atoms with E-state index in [1.807, 2.05) is 6.07 Å². The van der Waals surface area contributed by atoms with E-state index in [-0.39, 0.29) is 28.6 Å². The maximum atomic E-state index is 10.8. The van der Waals surface area contributed by atoms with Crippen LogP contribution in [0.4, 0.5) is 0 Å². The van der Waals surface area contributed by atoms with Crippen molar-refractivity contribution >= 4 is 0 Å². The molecule has 2 fully saturated rings. The van der Waals surface area contributed by atoms with Crippen LogP contribution in [0.5, 0.6) is 23.0 Å². The van der Waals surface area contributed by atoms with Gasteiger partial charge in [-0.3, -0.25) is 0 Å². The molecule has 2 atom stereocenters. The topological polar surface area (TPSA) is 69.9 Å². The lowest BCUT2D eigenvalue weighted by Gasteiger charge is -2.58. The number of benzene rings is 2. The highest BCUT2D eigenvalue weighted by molar-refractivity contribution is 5.52. The van der Waals surface area contributed by atoms with Gasteiger partial charge in [0.05, 0.1) is 0 Å². The lowest BCUT2D eigenvalue weighted by Crippen LogP contribution is -2.57. The van der Waals surface area contributed by atoms with Crippen molar-refractivity contribution in [3.63, 3.8) is 0 Å². The van der Waals surface area contributed by atoms with E-state index < -0.39 is 5.60 Å². The molecular formula is C24H28O4. The van der Waals surface area contributed by atoms with Gasteiger partial charge in [0.1, 0.15) is 28.6 Å². The lowest BCUT2D eigenvalue weighted by molar-refractivity contribution is -0.0960. The van der Waals surface area contributed by atoms with Gasteiger partial charge in [0.25, 0.3) is 0 Å². The van der Waals surface area contributed by atoms with Gasteiger partial charge in [-0.15, -0.1) is 0 Å². The molecule has 2 aromatic rings. The van der Waals surface area contributed by atoms with Crippen molar-refractivity contribution in [1.29, 1.82) is 0 Å². The second-order valence-corrected chi connectivity index (χ2v) is 8.89. The summed E-state index contributed by atoms with van der Waals surface area (Å²) in [6.07, 6.45) is 10.0. The molecule has 2 aliphatic carbocycles. The van der Waals surface area contributed by atoms with Crippen LogP contribution in [0.25, 0.3) is 0 Å². The second kappa shape index (κ2) is 6.33. The Hall–Kier alpha value is -2.36. The number of phenolic OH excluding ortho intramolecular Hbond substituents is 3. The Morgan fingerprint density at radius 3 is 2.18 bits per heavy atom. The van der Waals surface area contributed by atoms with Crippen LogP contribution < -0.4 is 4.74 Å². The summed E-state index contributed by atoms with van der Waals surface area (Å²) in [5, 5.41) is 30.8. The number of fused-ring (bicyclic) bond motifs is 4. The van der Waals surface area contributed by atoms with E-state index in [9.17, 15) is 15.3 Å². The van der Waals surface area contributed by atoms with Gasteiger partial charge in [0.2, 0.25) is 0 Å². The molecule has 1 aliphatic heterocycles. The van der Waals surface area contributed by atoms with Crippen molar-refractivity contribution in [3.05, 3.63) is 47.5 Å². The molecular weight excluding hydrogens is 352 g/mol. The Labute approximate surface area is 165 Å². The van der Waals surface area contributed by atoms with E-state index in [4.69, 9.17) is 4.74 Å². The summed E-state index contributed by atoms with van der Waals surface area (Å²) in [7, 11) is 0. The van der Waals surface area contributed by atoms with Gasteiger partial charge in [-0.2, -0.15) is 0 Å².